The van der Waals surface area contributed by atoms with Crippen LogP contribution in [0.4, 0.5) is 4.79 Å². The highest BCUT2D eigenvalue weighted by atomic mass is 16.4. The third kappa shape index (κ3) is 1.51. The molecule has 5 nitrogen and oxygen atoms in total. The Morgan fingerprint density at radius 3 is 2.81 bits per heavy atom. The van der Waals surface area contributed by atoms with Gasteiger partial charge >= 0.3 is 6.09 Å². The Hall–Kier alpha value is -1.70. The first-order chi connectivity index (χ1) is 7.49. The highest BCUT2D eigenvalue weighted by molar-refractivity contribution is 5.66. The molecule has 2 unspecified atom stereocenters. The van der Waals surface area contributed by atoms with Crippen LogP contribution in [0, 0.1) is 22.7 Å². The van der Waals surface area contributed by atoms with Crippen LogP contribution in [0.25, 0.3) is 0 Å². The van der Waals surface area contributed by atoms with Crippen LogP contribution in [0.3, 0.4) is 0 Å². The maximum absolute atomic E-state index is 10.9. The van der Waals surface area contributed by atoms with E-state index >= 15 is 0 Å². The summed E-state index contributed by atoms with van der Waals surface area (Å²) < 4.78 is 0. The minimum atomic E-state index is -0.881. The molecule has 1 heterocycles. The maximum Gasteiger partial charge on any atom is 0.407 e. The Kier molecular flexibility index (Phi) is 2.30. The van der Waals surface area contributed by atoms with E-state index in [-0.39, 0.29) is 5.41 Å². The van der Waals surface area contributed by atoms with Gasteiger partial charge in [0, 0.05) is 38.8 Å². The Morgan fingerprint density at radius 1 is 1.69 bits per heavy atom. The Labute approximate surface area is 94.6 Å². The number of fused-ring (bicyclic) bond motifs is 1. The van der Waals surface area contributed by atoms with Gasteiger partial charge in [-0.05, 0) is 12.3 Å². The van der Waals surface area contributed by atoms with E-state index in [2.05, 4.69) is 6.07 Å². The molecule has 1 N–H and O–H groups in total. The topological polar surface area (TPSA) is 67.6 Å². The number of carbonyl (C=O) groups is 1. The summed E-state index contributed by atoms with van der Waals surface area (Å²) in [5.74, 6) is 0.342. The summed E-state index contributed by atoms with van der Waals surface area (Å²) in [6.45, 7) is 1.04. The fraction of sp³-hybridized carbons (Fsp3) is 0.636. The molecule has 1 aliphatic carbocycles. The Balaban J connectivity index is 2.18. The van der Waals surface area contributed by atoms with Gasteiger partial charge in [-0.25, -0.2) is 4.79 Å². The average molecular weight is 221 g/mol. The lowest BCUT2D eigenvalue weighted by Crippen LogP contribution is -2.30. The molecule has 0 radical (unpaired) electrons. The second-order valence-corrected chi connectivity index (χ2v) is 4.84. The standard InChI is InChI=1S/C11H15N3O2/c1-13(2)5-9(4-12)11-3-8(11)6-14(7-11)10(15)16/h5,8H,3,6-7H2,1-2H3,(H,15,16). The molecule has 2 rings (SSSR count). The third-order valence-corrected chi connectivity index (χ3v) is 3.46. The van der Waals surface area contributed by atoms with Crippen LogP contribution < -0.4 is 0 Å². The van der Waals surface area contributed by atoms with E-state index in [4.69, 9.17) is 10.4 Å². The van der Waals surface area contributed by atoms with Gasteiger partial charge in [-0.15, -0.1) is 0 Å². The summed E-state index contributed by atoms with van der Waals surface area (Å²) in [7, 11) is 3.74. The van der Waals surface area contributed by atoms with Gasteiger partial charge in [0.25, 0.3) is 0 Å². The minimum absolute atomic E-state index is 0.183. The second kappa shape index (κ2) is 3.41. The van der Waals surface area contributed by atoms with E-state index in [0.29, 0.717) is 24.6 Å². The fourth-order valence-corrected chi connectivity index (χ4v) is 2.57. The number of hydrogen-bond acceptors (Lipinski definition) is 3. The molecule has 0 aromatic rings. The highest BCUT2D eigenvalue weighted by Gasteiger charge is 2.63. The molecule has 86 valence electrons. The molecule has 1 amide bonds. The third-order valence-electron chi connectivity index (χ3n) is 3.46. The van der Waals surface area contributed by atoms with Gasteiger partial charge in [0.05, 0.1) is 11.6 Å². The van der Waals surface area contributed by atoms with Crippen molar-refractivity contribution in [3.8, 4) is 6.07 Å². The predicted octanol–water partition coefficient (Wildman–Crippen LogP) is 0.955. The molecule has 1 saturated heterocycles. The van der Waals surface area contributed by atoms with Crippen LogP contribution in [0.15, 0.2) is 11.8 Å². The van der Waals surface area contributed by atoms with Crippen LogP contribution in [-0.4, -0.2) is 48.2 Å². The van der Waals surface area contributed by atoms with Crippen LogP contribution in [0.5, 0.6) is 0 Å². The number of nitrogens with zero attached hydrogens (tertiary/aromatic N) is 3. The largest absolute Gasteiger partial charge is 0.465 e. The quantitative estimate of drug-likeness (QED) is 0.705. The van der Waals surface area contributed by atoms with Crippen molar-refractivity contribution in [3.05, 3.63) is 11.8 Å². The predicted molar refractivity (Wildman–Crippen MR) is 57.5 cm³/mol. The molecule has 1 saturated carbocycles. The number of piperidine rings is 1. The maximum atomic E-state index is 10.9. The Morgan fingerprint density at radius 2 is 2.38 bits per heavy atom. The smallest absolute Gasteiger partial charge is 0.407 e. The number of rotatable bonds is 2. The zero-order valence-electron chi connectivity index (χ0n) is 9.47. The lowest BCUT2D eigenvalue weighted by atomic mass is 9.96. The number of carboxylic acid groups (broad SMARTS) is 1. The molecular formula is C11H15N3O2. The zero-order valence-corrected chi connectivity index (χ0v) is 9.47. The molecule has 5 heteroatoms. The van der Waals surface area contributed by atoms with E-state index in [1.165, 1.54) is 4.90 Å². The molecule has 2 atom stereocenters. The first kappa shape index (κ1) is 10.8. The first-order valence-electron chi connectivity index (χ1n) is 5.26. The average Bonchev–Trinajstić information content (AvgIpc) is 2.77. The number of likely N-dealkylation sites (tertiary alicyclic amines) is 1. The molecule has 16 heavy (non-hydrogen) atoms. The summed E-state index contributed by atoms with van der Waals surface area (Å²) in [4.78, 5) is 14.1. The first-order valence-corrected chi connectivity index (χ1v) is 5.26. The lowest BCUT2D eigenvalue weighted by molar-refractivity contribution is 0.149. The second-order valence-electron chi connectivity index (χ2n) is 4.84. The van der Waals surface area contributed by atoms with Crippen molar-refractivity contribution < 1.29 is 9.90 Å². The van der Waals surface area contributed by atoms with Crippen molar-refractivity contribution >= 4 is 6.09 Å². The van der Waals surface area contributed by atoms with Crippen molar-refractivity contribution in [3.63, 3.8) is 0 Å². The number of nitriles is 1. The molecule has 0 aromatic carbocycles. The molecular weight excluding hydrogens is 206 g/mol. The summed E-state index contributed by atoms with van der Waals surface area (Å²) >= 11 is 0. The molecule has 0 bridgehead atoms. The van der Waals surface area contributed by atoms with Gasteiger partial charge in [0.1, 0.15) is 0 Å². The van der Waals surface area contributed by atoms with E-state index < -0.39 is 6.09 Å². The van der Waals surface area contributed by atoms with E-state index in [1.54, 1.807) is 0 Å². The van der Waals surface area contributed by atoms with Crippen molar-refractivity contribution in [1.29, 1.82) is 5.26 Å². The summed E-state index contributed by atoms with van der Waals surface area (Å²) in [5, 5.41) is 18.1. The van der Waals surface area contributed by atoms with Crippen molar-refractivity contribution in [2.24, 2.45) is 11.3 Å². The molecule has 2 fully saturated rings. The SMILES string of the molecule is CN(C)C=C(C#N)C12CC1CN(C(=O)O)C2. The van der Waals surface area contributed by atoms with Crippen LogP contribution in [0.2, 0.25) is 0 Å². The van der Waals surface area contributed by atoms with E-state index in [9.17, 15) is 4.79 Å². The lowest BCUT2D eigenvalue weighted by Gasteiger charge is -2.18. The van der Waals surface area contributed by atoms with E-state index in [1.807, 2.05) is 25.2 Å². The normalized spacial score (nSPS) is 31.9. The molecule has 0 aromatic heterocycles. The van der Waals surface area contributed by atoms with Gasteiger partial charge in [0.15, 0.2) is 0 Å². The zero-order chi connectivity index (χ0) is 11.9. The van der Waals surface area contributed by atoms with Crippen molar-refractivity contribution in [1.82, 2.24) is 9.80 Å². The fourth-order valence-electron chi connectivity index (χ4n) is 2.57. The van der Waals surface area contributed by atoms with Gasteiger partial charge in [-0.1, -0.05) is 0 Å². The van der Waals surface area contributed by atoms with Gasteiger partial charge in [-0.2, -0.15) is 5.26 Å². The van der Waals surface area contributed by atoms with E-state index in [0.717, 1.165) is 6.42 Å². The molecule has 0 spiro atoms. The van der Waals surface area contributed by atoms with Crippen LogP contribution in [-0.2, 0) is 0 Å². The summed E-state index contributed by atoms with van der Waals surface area (Å²) in [6.07, 6.45) is 1.88. The van der Waals surface area contributed by atoms with Crippen LogP contribution in [0.1, 0.15) is 6.42 Å². The van der Waals surface area contributed by atoms with Gasteiger partial charge in [-0.3, -0.25) is 0 Å². The minimum Gasteiger partial charge on any atom is -0.465 e. The highest BCUT2D eigenvalue weighted by Crippen LogP contribution is 2.62. The van der Waals surface area contributed by atoms with Crippen LogP contribution >= 0.6 is 0 Å². The van der Waals surface area contributed by atoms with Crippen molar-refractivity contribution in [2.45, 2.75) is 6.42 Å². The van der Waals surface area contributed by atoms with Crippen molar-refractivity contribution in [2.75, 3.05) is 27.2 Å². The molecule has 1 aliphatic heterocycles. The number of amides is 1. The number of hydrogen-bond donors (Lipinski definition) is 1. The van der Waals surface area contributed by atoms with Gasteiger partial charge < -0.3 is 14.9 Å². The molecule has 2 aliphatic rings. The summed E-state index contributed by atoms with van der Waals surface area (Å²) in [5.41, 5.74) is 0.531. The van der Waals surface area contributed by atoms with Gasteiger partial charge in [0.2, 0.25) is 0 Å². The monoisotopic (exact) mass is 221 g/mol. The Bertz CT molecular complexity index is 397. The summed E-state index contributed by atoms with van der Waals surface area (Å²) in [6, 6.07) is 2.22.